The summed E-state index contributed by atoms with van der Waals surface area (Å²) in [5.41, 5.74) is 1.71. The number of nitrogens with one attached hydrogen (secondary N) is 1. The highest BCUT2D eigenvalue weighted by Gasteiger charge is 2.07. The largest absolute Gasteiger partial charge is 0.356 e. The van der Waals surface area contributed by atoms with E-state index in [0.717, 1.165) is 14.6 Å². The van der Waals surface area contributed by atoms with Gasteiger partial charge < -0.3 is 4.98 Å². The van der Waals surface area contributed by atoms with Gasteiger partial charge in [-0.2, -0.15) is 0 Å². The molecule has 0 unspecified atom stereocenters. The van der Waals surface area contributed by atoms with E-state index in [1.54, 1.807) is 0 Å². The van der Waals surface area contributed by atoms with Gasteiger partial charge in [-0.05, 0) is 29.5 Å². The van der Waals surface area contributed by atoms with Gasteiger partial charge in [0.1, 0.15) is 16.9 Å². The molecule has 2 rings (SSSR count). The van der Waals surface area contributed by atoms with Crippen LogP contribution in [0.5, 0.6) is 0 Å². The molecular formula is C7H5ClIN3. The Bertz CT molecular complexity index is 437. The molecule has 0 aliphatic heterocycles. The minimum atomic E-state index is 0.486. The van der Waals surface area contributed by atoms with Crippen molar-refractivity contribution in [1.82, 2.24) is 15.0 Å². The van der Waals surface area contributed by atoms with Gasteiger partial charge in [0.25, 0.3) is 0 Å². The lowest BCUT2D eigenvalue weighted by molar-refractivity contribution is 1.09. The topological polar surface area (TPSA) is 41.6 Å². The zero-order valence-corrected chi connectivity index (χ0v) is 9.14. The highest BCUT2D eigenvalue weighted by Crippen LogP contribution is 2.22. The molecule has 0 radical (unpaired) electrons. The first kappa shape index (κ1) is 8.25. The van der Waals surface area contributed by atoms with Crippen molar-refractivity contribution in [2.75, 3.05) is 0 Å². The Morgan fingerprint density at radius 2 is 2.25 bits per heavy atom. The van der Waals surface area contributed by atoms with Crippen LogP contribution in [0.25, 0.3) is 11.0 Å². The Morgan fingerprint density at radius 3 is 3.00 bits per heavy atom. The van der Waals surface area contributed by atoms with Gasteiger partial charge in [0.2, 0.25) is 0 Å². The monoisotopic (exact) mass is 293 g/mol. The summed E-state index contributed by atoms with van der Waals surface area (Å²) in [5, 5.41) is 0.486. The van der Waals surface area contributed by atoms with Crippen molar-refractivity contribution >= 4 is 45.2 Å². The maximum Gasteiger partial charge on any atom is 0.156 e. The molecule has 0 aromatic carbocycles. The summed E-state index contributed by atoms with van der Waals surface area (Å²) in [5.74, 6) is 0.699. The van der Waals surface area contributed by atoms with Crippen LogP contribution in [0.3, 0.4) is 0 Å². The molecular weight excluding hydrogens is 288 g/mol. The first-order valence-electron chi connectivity index (χ1n) is 3.35. The molecule has 0 atom stereocenters. The number of aromatic amines is 1. The number of hydrogen-bond donors (Lipinski definition) is 1. The number of halogens is 2. The van der Waals surface area contributed by atoms with Crippen LogP contribution >= 0.6 is 34.2 Å². The number of nitrogens with zero attached hydrogens (tertiary/aromatic N) is 2. The third-order valence-electron chi connectivity index (χ3n) is 1.55. The van der Waals surface area contributed by atoms with Crippen molar-refractivity contribution in [3.8, 4) is 0 Å². The van der Waals surface area contributed by atoms with Crippen LogP contribution in [0.2, 0.25) is 5.15 Å². The Kier molecular flexibility index (Phi) is 1.96. The van der Waals surface area contributed by atoms with Crippen molar-refractivity contribution in [2.45, 2.75) is 6.92 Å². The second kappa shape index (κ2) is 2.85. The van der Waals surface area contributed by atoms with Gasteiger partial charge in [0.05, 0.1) is 3.57 Å². The molecule has 2 aromatic heterocycles. The van der Waals surface area contributed by atoms with Gasteiger partial charge in [-0.25, -0.2) is 9.97 Å². The van der Waals surface area contributed by atoms with E-state index in [-0.39, 0.29) is 0 Å². The molecule has 3 nitrogen and oxygen atoms in total. The molecule has 2 heterocycles. The van der Waals surface area contributed by atoms with E-state index >= 15 is 0 Å². The van der Waals surface area contributed by atoms with Crippen LogP contribution in [0.1, 0.15) is 5.82 Å². The van der Waals surface area contributed by atoms with E-state index in [4.69, 9.17) is 11.6 Å². The quantitative estimate of drug-likeness (QED) is 0.599. The maximum atomic E-state index is 5.89. The average Bonchev–Trinajstić information content (AvgIpc) is 2.33. The van der Waals surface area contributed by atoms with Gasteiger partial charge in [0.15, 0.2) is 5.15 Å². The summed E-state index contributed by atoms with van der Waals surface area (Å²) in [6, 6.07) is 0. The summed E-state index contributed by atoms with van der Waals surface area (Å²) in [6.45, 7) is 1.83. The van der Waals surface area contributed by atoms with Gasteiger partial charge in [-0.15, -0.1) is 0 Å². The number of H-pyrrole nitrogens is 1. The molecule has 2 aromatic rings. The van der Waals surface area contributed by atoms with E-state index in [1.165, 1.54) is 0 Å². The van der Waals surface area contributed by atoms with Crippen molar-refractivity contribution in [3.63, 3.8) is 0 Å². The molecule has 0 amide bonds. The Morgan fingerprint density at radius 1 is 1.50 bits per heavy atom. The van der Waals surface area contributed by atoms with Crippen LogP contribution in [-0.4, -0.2) is 15.0 Å². The molecule has 0 saturated heterocycles. The molecule has 0 spiro atoms. The molecule has 1 N–H and O–H groups in total. The highest BCUT2D eigenvalue weighted by atomic mass is 127. The van der Waals surface area contributed by atoms with E-state index in [0.29, 0.717) is 11.0 Å². The fourth-order valence-corrected chi connectivity index (χ4v) is 1.86. The van der Waals surface area contributed by atoms with Crippen LogP contribution in [-0.2, 0) is 0 Å². The third kappa shape index (κ3) is 1.19. The fourth-order valence-electron chi connectivity index (χ4n) is 1.04. The number of rotatable bonds is 0. The number of fused-ring (bicyclic) bond motifs is 1. The summed E-state index contributed by atoms with van der Waals surface area (Å²) >= 11 is 8.10. The predicted molar refractivity (Wildman–Crippen MR) is 56.4 cm³/mol. The average molecular weight is 293 g/mol. The number of hydrogen-bond acceptors (Lipinski definition) is 2. The van der Waals surface area contributed by atoms with Gasteiger partial charge in [-0.3, -0.25) is 0 Å². The van der Waals surface area contributed by atoms with Crippen LogP contribution < -0.4 is 0 Å². The summed E-state index contributed by atoms with van der Waals surface area (Å²) in [4.78, 5) is 11.3. The maximum absolute atomic E-state index is 5.89. The minimum absolute atomic E-state index is 0.486. The summed E-state index contributed by atoms with van der Waals surface area (Å²) in [6.07, 6.45) is 1.87. The number of aryl methyl sites for hydroxylation is 1. The van der Waals surface area contributed by atoms with Gasteiger partial charge >= 0.3 is 0 Å². The van der Waals surface area contributed by atoms with E-state index in [1.807, 2.05) is 13.1 Å². The molecule has 12 heavy (non-hydrogen) atoms. The van der Waals surface area contributed by atoms with Crippen molar-refractivity contribution < 1.29 is 0 Å². The first-order valence-corrected chi connectivity index (χ1v) is 4.81. The standard InChI is InChI=1S/C7H5ClIN3/c1-3-11-5-4(9)2-10-6(5)7(8)12-3/h2,10H,1H3. The van der Waals surface area contributed by atoms with E-state index < -0.39 is 0 Å². The zero-order chi connectivity index (χ0) is 8.72. The molecule has 0 fully saturated rings. The Hall–Kier alpha value is -0.360. The smallest absolute Gasteiger partial charge is 0.156 e. The lowest BCUT2D eigenvalue weighted by Crippen LogP contribution is -1.88. The van der Waals surface area contributed by atoms with Crippen molar-refractivity contribution in [3.05, 3.63) is 20.7 Å². The fraction of sp³-hybridized carbons (Fsp3) is 0.143. The second-order valence-corrected chi connectivity index (χ2v) is 3.94. The van der Waals surface area contributed by atoms with Crippen LogP contribution in [0.15, 0.2) is 6.20 Å². The first-order chi connectivity index (χ1) is 5.68. The molecule has 0 bridgehead atoms. The zero-order valence-electron chi connectivity index (χ0n) is 6.23. The van der Waals surface area contributed by atoms with E-state index in [9.17, 15) is 0 Å². The predicted octanol–water partition coefficient (Wildman–Crippen LogP) is 2.52. The second-order valence-electron chi connectivity index (χ2n) is 2.42. The number of aromatic nitrogens is 3. The Labute approximate surface area is 87.7 Å². The summed E-state index contributed by atoms with van der Waals surface area (Å²) in [7, 11) is 0. The molecule has 0 aliphatic carbocycles. The molecule has 5 heteroatoms. The molecule has 0 saturated carbocycles. The van der Waals surface area contributed by atoms with Gasteiger partial charge in [-0.1, -0.05) is 11.6 Å². The van der Waals surface area contributed by atoms with E-state index in [2.05, 4.69) is 37.5 Å². The van der Waals surface area contributed by atoms with Crippen molar-refractivity contribution in [1.29, 1.82) is 0 Å². The SMILES string of the molecule is Cc1nc(Cl)c2[nH]cc(I)c2n1. The lowest BCUT2D eigenvalue weighted by atomic mass is 10.4. The molecule has 0 aliphatic rings. The van der Waals surface area contributed by atoms with Crippen molar-refractivity contribution in [2.24, 2.45) is 0 Å². The molecule has 62 valence electrons. The highest BCUT2D eigenvalue weighted by molar-refractivity contribution is 14.1. The van der Waals surface area contributed by atoms with Crippen LogP contribution in [0.4, 0.5) is 0 Å². The third-order valence-corrected chi connectivity index (χ3v) is 2.64. The minimum Gasteiger partial charge on any atom is -0.356 e. The lowest BCUT2D eigenvalue weighted by Gasteiger charge is -1.95. The van der Waals surface area contributed by atoms with Gasteiger partial charge in [0, 0.05) is 6.20 Å². The summed E-state index contributed by atoms with van der Waals surface area (Å²) < 4.78 is 1.06. The normalized spacial score (nSPS) is 10.9. The van der Waals surface area contributed by atoms with Crippen LogP contribution in [0, 0.1) is 10.5 Å². The Balaban J connectivity index is 2.92.